The van der Waals surface area contributed by atoms with Gasteiger partial charge in [0.1, 0.15) is 24.5 Å². The van der Waals surface area contributed by atoms with Crippen LogP contribution in [0.2, 0.25) is 0 Å². The number of ether oxygens (including phenoxy) is 1. The lowest BCUT2D eigenvalue weighted by molar-refractivity contribution is 0.0242. The lowest BCUT2D eigenvalue weighted by Gasteiger charge is -2.18. The van der Waals surface area contributed by atoms with Gasteiger partial charge in [0.05, 0.1) is 11.7 Å². The molecule has 0 aromatic heterocycles. The first-order valence-electron chi connectivity index (χ1n) is 6.92. The molecule has 2 aromatic carbocycles. The summed E-state index contributed by atoms with van der Waals surface area (Å²) in [6.45, 7) is 0.260. The lowest BCUT2D eigenvalue weighted by atomic mass is 10.0. The summed E-state index contributed by atoms with van der Waals surface area (Å²) in [4.78, 5) is 0. The van der Waals surface area contributed by atoms with E-state index in [0.29, 0.717) is 23.5 Å². The molecular weight excluding hydrogens is 280 g/mol. The van der Waals surface area contributed by atoms with Gasteiger partial charge in [0.15, 0.2) is 0 Å². The second kappa shape index (κ2) is 7.57. The Morgan fingerprint density at radius 3 is 2.50 bits per heavy atom. The summed E-state index contributed by atoms with van der Waals surface area (Å²) in [6.07, 6.45) is -2.17. The minimum Gasteiger partial charge on any atom is -0.488 e. The van der Waals surface area contributed by atoms with Crippen LogP contribution in [0.1, 0.15) is 22.8 Å². The van der Waals surface area contributed by atoms with Gasteiger partial charge >= 0.3 is 0 Å². The Bertz CT molecular complexity index is 653. The van der Waals surface area contributed by atoms with E-state index in [1.807, 2.05) is 36.4 Å². The molecule has 2 atom stereocenters. The Kier molecular flexibility index (Phi) is 5.50. The predicted molar refractivity (Wildman–Crippen MR) is 82.0 cm³/mol. The number of hydrogen-bond donors (Lipinski definition) is 3. The highest BCUT2D eigenvalue weighted by Crippen LogP contribution is 2.26. The van der Waals surface area contributed by atoms with Crippen molar-refractivity contribution in [3.8, 4) is 11.8 Å². The second-order valence-electron chi connectivity index (χ2n) is 4.89. The maximum Gasteiger partial charge on any atom is 0.137 e. The molecule has 22 heavy (non-hydrogen) atoms. The van der Waals surface area contributed by atoms with E-state index >= 15 is 0 Å². The summed E-state index contributed by atoms with van der Waals surface area (Å²) in [7, 11) is 0. The van der Waals surface area contributed by atoms with E-state index in [-0.39, 0.29) is 6.54 Å². The SMILES string of the molecule is N#Cc1ccc(C(O)C(O)CN)cc1OCc1ccccc1. The Morgan fingerprint density at radius 1 is 1.14 bits per heavy atom. The lowest BCUT2D eigenvalue weighted by Crippen LogP contribution is -2.27. The highest BCUT2D eigenvalue weighted by molar-refractivity contribution is 5.46. The van der Waals surface area contributed by atoms with E-state index in [1.54, 1.807) is 18.2 Å². The summed E-state index contributed by atoms with van der Waals surface area (Å²) < 4.78 is 5.67. The summed E-state index contributed by atoms with van der Waals surface area (Å²) in [5, 5.41) is 28.8. The number of nitrogens with two attached hydrogens (primary N) is 1. The van der Waals surface area contributed by atoms with Crippen LogP contribution in [0.15, 0.2) is 48.5 Å². The molecule has 5 nitrogen and oxygen atoms in total. The number of aliphatic hydroxyl groups excluding tert-OH is 2. The van der Waals surface area contributed by atoms with Crippen molar-refractivity contribution in [2.24, 2.45) is 5.73 Å². The average Bonchev–Trinajstić information content (AvgIpc) is 2.59. The fraction of sp³-hybridized carbons (Fsp3) is 0.235. The van der Waals surface area contributed by atoms with Crippen molar-refractivity contribution in [1.29, 1.82) is 5.26 Å². The number of aliphatic hydroxyl groups is 2. The molecule has 0 radical (unpaired) electrons. The zero-order chi connectivity index (χ0) is 15.9. The van der Waals surface area contributed by atoms with E-state index in [1.165, 1.54) is 0 Å². The van der Waals surface area contributed by atoms with Gasteiger partial charge in [0.2, 0.25) is 0 Å². The van der Waals surface area contributed by atoms with E-state index in [0.717, 1.165) is 5.56 Å². The molecule has 0 aliphatic heterocycles. The van der Waals surface area contributed by atoms with Crippen molar-refractivity contribution in [3.05, 3.63) is 65.2 Å². The van der Waals surface area contributed by atoms with Crippen LogP contribution in [0.25, 0.3) is 0 Å². The molecule has 2 rings (SSSR count). The first-order chi connectivity index (χ1) is 10.7. The van der Waals surface area contributed by atoms with Gasteiger partial charge in [-0.2, -0.15) is 5.26 Å². The topological polar surface area (TPSA) is 99.5 Å². The van der Waals surface area contributed by atoms with Crippen LogP contribution in [0, 0.1) is 11.3 Å². The zero-order valence-corrected chi connectivity index (χ0v) is 12.0. The normalized spacial score (nSPS) is 13.2. The molecule has 0 aliphatic rings. The average molecular weight is 298 g/mol. The molecule has 0 aliphatic carbocycles. The minimum absolute atomic E-state index is 0.0542. The van der Waals surface area contributed by atoms with Gasteiger partial charge in [-0.05, 0) is 23.3 Å². The number of nitriles is 1. The molecule has 2 aromatic rings. The van der Waals surface area contributed by atoms with Crippen LogP contribution in [0.4, 0.5) is 0 Å². The Labute approximate surface area is 129 Å². The Hall–Kier alpha value is -2.39. The smallest absolute Gasteiger partial charge is 0.137 e. The van der Waals surface area contributed by atoms with Crippen LogP contribution in [0.3, 0.4) is 0 Å². The van der Waals surface area contributed by atoms with E-state index in [9.17, 15) is 10.2 Å². The molecule has 5 heteroatoms. The fourth-order valence-corrected chi connectivity index (χ4v) is 2.02. The quantitative estimate of drug-likeness (QED) is 0.750. The van der Waals surface area contributed by atoms with Crippen LogP contribution in [0.5, 0.6) is 5.75 Å². The van der Waals surface area contributed by atoms with Gasteiger partial charge in [0.25, 0.3) is 0 Å². The van der Waals surface area contributed by atoms with Gasteiger partial charge in [-0.1, -0.05) is 36.4 Å². The van der Waals surface area contributed by atoms with E-state index in [2.05, 4.69) is 0 Å². The molecule has 0 bridgehead atoms. The van der Waals surface area contributed by atoms with Crippen molar-refractivity contribution in [3.63, 3.8) is 0 Å². The van der Waals surface area contributed by atoms with Crippen LogP contribution >= 0.6 is 0 Å². The van der Waals surface area contributed by atoms with Crippen LogP contribution in [-0.2, 0) is 6.61 Å². The molecule has 0 heterocycles. The zero-order valence-electron chi connectivity index (χ0n) is 12.0. The first kappa shape index (κ1) is 16.0. The summed E-state index contributed by atoms with van der Waals surface area (Å²) in [5.74, 6) is 0.368. The van der Waals surface area contributed by atoms with E-state index in [4.69, 9.17) is 15.7 Å². The number of hydrogen-bond acceptors (Lipinski definition) is 5. The maximum absolute atomic E-state index is 9.99. The summed E-state index contributed by atoms with van der Waals surface area (Å²) >= 11 is 0. The molecule has 0 spiro atoms. The summed E-state index contributed by atoms with van der Waals surface area (Å²) in [5.41, 5.74) is 7.15. The largest absolute Gasteiger partial charge is 0.488 e. The molecule has 2 unspecified atom stereocenters. The summed E-state index contributed by atoms with van der Waals surface area (Å²) in [6, 6.07) is 16.3. The van der Waals surface area contributed by atoms with Gasteiger partial charge in [-0.25, -0.2) is 0 Å². The van der Waals surface area contributed by atoms with Crippen molar-refractivity contribution in [2.75, 3.05) is 6.54 Å². The van der Waals surface area contributed by atoms with Crippen molar-refractivity contribution < 1.29 is 14.9 Å². The fourth-order valence-electron chi connectivity index (χ4n) is 2.02. The number of nitrogens with zero attached hydrogens (tertiary/aromatic N) is 1. The van der Waals surface area contributed by atoms with Gasteiger partial charge in [-0.3, -0.25) is 0 Å². The molecule has 0 saturated carbocycles. The first-order valence-corrected chi connectivity index (χ1v) is 6.92. The minimum atomic E-state index is -1.11. The molecule has 114 valence electrons. The van der Waals surface area contributed by atoms with Gasteiger partial charge < -0.3 is 20.7 Å². The highest BCUT2D eigenvalue weighted by atomic mass is 16.5. The third kappa shape index (κ3) is 3.83. The third-order valence-corrected chi connectivity index (χ3v) is 3.31. The van der Waals surface area contributed by atoms with Crippen molar-refractivity contribution in [1.82, 2.24) is 0 Å². The molecule has 0 amide bonds. The molecular formula is C17H18N2O3. The van der Waals surface area contributed by atoms with Crippen molar-refractivity contribution in [2.45, 2.75) is 18.8 Å². The number of rotatable bonds is 6. The predicted octanol–water partition coefficient (Wildman–Crippen LogP) is 1.49. The third-order valence-electron chi connectivity index (χ3n) is 3.31. The Balaban J connectivity index is 2.20. The molecule has 0 fully saturated rings. The number of benzene rings is 2. The Morgan fingerprint density at radius 2 is 1.86 bits per heavy atom. The van der Waals surface area contributed by atoms with Crippen LogP contribution < -0.4 is 10.5 Å². The second-order valence-corrected chi connectivity index (χ2v) is 4.89. The van der Waals surface area contributed by atoms with Crippen LogP contribution in [-0.4, -0.2) is 22.9 Å². The highest BCUT2D eigenvalue weighted by Gasteiger charge is 2.18. The van der Waals surface area contributed by atoms with E-state index < -0.39 is 12.2 Å². The maximum atomic E-state index is 9.99. The standard InChI is InChI=1S/C17H18N2O3/c18-9-14-7-6-13(17(21)15(20)10-19)8-16(14)22-11-12-4-2-1-3-5-12/h1-8,15,17,20-21H,10-11,19H2. The van der Waals surface area contributed by atoms with Gasteiger partial charge in [-0.15, -0.1) is 0 Å². The van der Waals surface area contributed by atoms with Gasteiger partial charge in [0, 0.05) is 6.54 Å². The molecule has 4 N–H and O–H groups in total. The monoisotopic (exact) mass is 298 g/mol. The van der Waals surface area contributed by atoms with Crippen molar-refractivity contribution >= 4 is 0 Å². The molecule has 0 saturated heterocycles.